The Balaban J connectivity index is 2.40. The molecule has 0 saturated carbocycles. The number of anilines is 1. The molecule has 16 heavy (non-hydrogen) atoms. The van der Waals surface area contributed by atoms with Gasteiger partial charge in [-0.2, -0.15) is 0 Å². The van der Waals surface area contributed by atoms with Gasteiger partial charge in [0.15, 0.2) is 0 Å². The van der Waals surface area contributed by atoms with Crippen LogP contribution in [0.2, 0.25) is 5.15 Å². The van der Waals surface area contributed by atoms with E-state index in [0.29, 0.717) is 19.5 Å². The number of rotatable bonds is 2. The van der Waals surface area contributed by atoms with Crippen LogP contribution in [0.3, 0.4) is 0 Å². The summed E-state index contributed by atoms with van der Waals surface area (Å²) in [6.45, 7) is 0.851. The van der Waals surface area contributed by atoms with Crippen LogP contribution < -0.4 is 4.90 Å². The summed E-state index contributed by atoms with van der Waals surface area (Å²) in [6.07, 6.45) is 1.27. The molecule has 7 nitrogen and oxygen atoms in total. The Kier molecular flexibility index (Phi) is 2.88. The van der Waals surface area contributed by atoms with Crippen LogP contribution in [-0.2, 0) is 0 Å². The van der Waals surface area contributed by atoms with E-state index < -0.39 is 11.0 Å². The highest BCUT2D eigenvalue weighted by atomic mass is 35.5. The number of aliphatic hydroxyl groups excluding tert-OH is 1. The van der Waals surface area contributed by atoms with Crippen LogP contribution >= 0.6 is 11.6 Å². The van der Waals surface area contributed by atoms with Gasteiger partial charge in [-0.15, -0.1) is 0 Å². The zero-order valence-electron chi connectivity index (χ0n) is 8.21. The summed E-state index contributed by atoms with van der Waals surface area (Å²) in [7, 11) is 0. The summed E-state index contributed by atoms with van der Waals surface area (Å²) < 4.78 is 0. The predicted molar refractivity (Wildman–Crippen MR) is 56.5 cm³/mol. The molecule has 0 aromatic carbocycles. The smallest absolute Gasteiger partial charge is 0.348 e. The highest BCUT2D eigenvalue weighted by molar-refractivity contribution is 6.31. The average molecular weight is 245 g/mol. The van der Waals surface area contributed by atoms with Crippen LogP contribution in [-0.4, -0.2) is 39.2 Å². The summed E-state index contributed by atoms with van der Waals surface area (Å²) in [5, 5.41) is 20.0. The Hall–Kier alpha value is -1.47. The fraction of sp³-hybridized carbons (Fsp3) is 0.500. The molecule has 8 heteroatoms. The number of nitrogens with zero attached hydrogens (tertiary/aromatic N) is 4. The van der Waals surface area contributed by atoms with E-state index in [1.807, 2.05) is 0 Å². The SMILES string of the molecule is O=[N+]([O-])c1c(Cl)ncnc1N1CCC(O)C1. The van der Waals surface area contributed by atoms with Crippen molar-refractivity contribution in [3.63, 3.8) is 0 Å². The van der Waals surface area contributed by atoms with Gasteiger partial charge >= 0.3 is 5.69 Å². The first kappa shape index (κ1) is 11.0. The first-order valence-corrected chi connectivity index (χ1v) is 5.05. The third-order valence-electron chi connectivity index (χ3n) is 2.40. The summed E-state index contributed by atoms with van der Waals surface area (Å²) in [6, 6.07) is 0. The van der Waals surface area contributed by atoms with E-state index in [0.717, 1.165) is 0 Å². The number of hydrogen-bond acceptors (Lipinski definition) is 6. The second kappa shape index (κ2) is 4.18. The first-order chi connectivity index (χ1) is 7.59. The maximum Gasteiger partial charge on any atom is 0.348 e. The van der Waals surface area contributed by atoms with Crippen molar-refractivity contribution in [2.75, 3.05) is 18.0 Å². The van der Waals surface area contributed by atoms with Crippen molar-refractivity contribution in [1.29, 1.82) is 0 Å². The Morgan fingerprint density at radius 3 is 2.94 bits per heavy atom. The molecule has 1 atom stereocenters. The van der Waals surface area contributed by atoms with Crippen molar-refractivity contribution in [3.05, 3.63) is 21.6 Å². The molecule has 2 heterocycles. The van der Waals surface area contributed by atoms with E-state index in [1.165, 1.54) is 6.33 Å². The minimum Gasteiger partial charge on any atom is -0.391 e. The van der Waals surface area contributed by atoms with Crippen LogP contribution in [0.1, 0.15) is 6.42 Å². The van der Waals surface area contributed by atoms with E-state index in [-0.39, 0.29) is 16.7 Å². The van der Waals surface area contributed by atoms with Crippen molar-refractivity contribution < 1.29 is 10.0 Å². The lowest BCUT2D eigenvalue weighted by Gasteiger charge is -2.15. The van der Waals surface area contributed by atoms with Gasteiger partial charge in [0.05, 0.1) is 11.0 Å². The molecule has 0 bridgehead atoms. The molecule has 1 aliphatic rings. The van der Waals surface area contributed by atoms with E-state index in [9.17, 15) is 15.2 Å². The predicted octanol–water partition coefficient (Wildman–Crippen LogP) is 0.609. The monoisotopic (exact) mass is 244 g/mol. The molecule has 1 fully saturated rings. The number of β-amino-alcohol motifs (C(OH)–C–C–N with tert-alkyl or cyclic N) is 1. The molecule has 1 saturated heterocycles. The van der Waals surface area contributed by atoms with Gasteiger partial charge in [0.2, 0.25) is 11.0 Å². The second-order valence-corrected chi connectivity index (χ2v) is 3.84. The molecule has 2 rings (SSSR count). The van der Waals surface area contributed by atoms with Crippen LogP contribution in [0.15, 0.2) is 6.33 Å². The number of aromatic nitrogens is 2. The Bertz CT molecular complexity index is 428. The van der Waals surface area contributed by atoms with Crippen LogP contribution in [0.5, 0.6) is 0 Å². The van der Waals surface area contributed by atoms with Gasteiger partial charge in [0, 0.05) is 13.1 Å². The Morgan fingerprint density at radius 1 is 1.62 bits per heavy atom. The molecule has 0 radical (unpaired) electrons. The summed E-state index contributed by atoms with van der Waals surface area (Å²) in [5.74, 6) is 0.168. The second-order valence-electron chi connectivity index (χ2n) is 3.48. The Labute approximate surface area is 95.8 Å². The van der Waals surface area contributed by atoms with Crippen molar-refractivity contribution in [1.82, 2.24) is 9.97 Å². The van der Waals surface area contributed by atoms with Crippen molar-refractivity contribution in [2.45, 2.75) is 12.5 Å². The lowest BCUT2D eigenvalue weighted by Crippen LogP contribution is -2.23. The topological polar surface area (TPSA) is 92.4 Å². The van der Waals surface area contributed by atoms with Crippen LogP contribution in [0.25, 0.3) is 0 Å². The largest absolute Gasteiger partial charge is 0.391 e. The molecule has 1 N–H and O–H groups in total. The summed E-state index contributed by atoms with van der Waals surface area (Å²) in [4.78, 5) is 19.3. The van der Waals surface area contributed by atoms with E-state index in [1.54, 1.807) is 4.90 Å². The highest BCUT2D eigenvalue weighted by Crippen LogP contribution is 2.32. The van der Waals surface area contributed by atoms with Crippen molar-refractivity contribution in [3.8, 4) is 0 Å². The Morgan fingerprint density at radius 2 is 2.38 bits per heavy atom. The van der Waals surface area contributed by atoms with Gasteiger partial charge in [-0.05, 0) is 6.42 Å². The molecule has 1 aromatic heterocycles. The zero-order valence-corrected chi connectivity index (χ0v) is 8.96. The molecule has 1 unspecified atom stereocenters. The third-order valence-corrected chi connectivity index (χ3v) is 2.68. The molecule has 86 valence electrons. The van der Waals surface area contributed by atoms with Crippen molar-refractivity contribution >= 4 is 23.1 Å². The van der Waals surface area contributed by atoms with Crippen molar-refractivity contribution in [2.24, 2.45) is 0 Å². The first-order valence-electron chi connectivity index (χ1n) is 4.67. The van der Waals surface area contributed by atoms with Gasteiger partial charge in [0.25, 0.3) is 0 Å². The molecular weight excluding hydrogens is 236 g/mol. The molecule has 0 aliphatic carbocycles. The maximum absolute atomic E-state index is 10.8. The number of aliphatic hydroxyl groups is 1. The normalized spacial score (nSPS) is 20.1. The van der Waals surface area contributed by atoms with Gasteiger partial charge in [-0.3, -0.25) is 10.1 Å². The van der Waals surface area contributed by atoms with Gasteiger partial charge in [0.1, 0.15) is 6.33 Å². The third kappa shape index (κ3) is 1.91. The van der Waals surface area contributed by atoms with E-state index in [4.69, 9.17) is 11.6 Å². The molecular formula is C8H9ClN4O3. The summed E-state index contributed by atoms with van der Waals surface area (Å²) >= 11 is 5.66. The number of halogens is 1. The van der Waals surface area contributed by atoms with E-state index in [2.05, 4.69) is 9.97 Å². The quantitative estimate of drug-likeness (QED) is 0.465. The minimum absolute atomic E-state index is 0.168. The van der Waals surface area contributed by atoms with Crippen LogP contribution in [0, 0.1) is 10.1 Å². The maximum atomic E-state index is 10.8. The van der Waals surface area contributed by atoms with Gasteiger partial charge < -0.3 is 10.0 Å². The molecule has 0 spiro atoms. The van der Waals surface area contributed by atoms with Gasteiger partial charge in [-0.1, -0.05) is 11.6 Å². The van der Waals surface area contributed by atoms with Crippen LogP contribution in [0.4, 0.5) is 11.5 Å². The standard InChI is InChI=1S/C8H9ClN4O3/c9-7-6(13(15)16)8(11-4-10-7)12-2-1-5(14)3-12/h4-5,14H,1-3H2. The fourth-order valence-electron chi connectivity index (χ4n) is 1.67. The number of nitro groups is 1. The minimum atomic E-state index is -0.609. The number of hydrogen-bond donors (Lipinski definition) is 1. The summed E-state index contributed by atoms with van der Waals surface area (Å²) in [5.41, 5.74) is -0.307. The zero-order chi connectivity index (χ0) is 11.7. The van der Waals surface area contributed by atoms with Gasteiger partial charge in [-0.25, -0.2) is 9.97 Å². The highest BCUT2D eigenvalue weighted by Gasteiger charge is 2.30. The molecule has 1 aromatic rings. The van der Waals surface area contributed by atoms with E-state index >= 15 is 0 Å². The molecule has 1 aliphatic heterocycles. The fourth-order valence-corrected chi connectivity index (χ4v) is 1.87. The molecule has 0 amide bonds. The lowest BCUT2D eigenvalue weighted by molar-refractivity contribution is -0.384. The lowest BCUT2D eigenvalue weighted by atomic mass is 10.3. The average Bonchev–Trinajstić information content (AvgIpc) is 2.63.